The SMILES string of the molecule is CNCCCN(C)P(N)(=O)NCCO. The third-order valence-corrected chi connectivity index (χ3v) is 3.76. The monoisotopic (exact) mass is 224 g/mol. The molecular weight excluding hydrogens is 203 g/mol. The van der Waals surface area contributed by atoms with E-state index in [0.29, 0.717) is 6.54 Å². The second-order valence-electron chi connectivity index (χ2n) is 3.09. The summed E-state index contributed by atoms with van der Waals surface area (Å²) in [5.41, 5.74) is 5.57. The molecule has 0 aliphatic heterocycles. The zero-order chi connectivity index (χ0) is 11.0. The number of aliphatic hydroxyl groups excluding tert-OH is 1. The third kappa shape index (κ3) is 5.70. The van der Waals surface area contributed by atoms with Crippen LogP contribution in [0.5, 0.6) is 0 Å². The molecule has 0 aromatic rings. The summed E-state index contributed by atoms with van der Waals surface area (Å²) in [5.74, 6) is 0. The van der Waals surface area contributed by atoms with Gasteiger partial charge in [0.1, 0.15) is 0 Å². The molecule has 1 atom stereocenters. The van der Waals surface area contributed by atoms with Crippen molar-refractivity contribution >= 4 is 7.59 Å². The summed E-state index contributed by atoms with van der Waals surface area (Å²) in [6, 6.07) is 0. The molecular formula is C7H21N4O2P. The maximum absolute atomic E-state index is 11.7. The first kappa shape index (κ1) is 14.0. The molecule has 0 spiro atoms. The predicted molar refractivity (Wildman–Crippen MR) is 58.1 cm³/mol. The topological polar surface area (TPSA) is 90.6 Å². The largest absolute Gasteiger partial charge is 0.395 e. The lowest BCUT2D eigenvalue weighted by molar-refractivity contribution is 0.298. The lowest BCUT2D eigenvalue weighted by Crippen LogP contribution is -2.32. The van der Waals surface area contributed by atoms with Crippen LogP contribution in [0.15, 0.2) is 0 Å². The highest BCUT2D eigenvalue weighted by molar-refractivity contribution is 7.56. The zero-order valence-electron chi connectivity index (χ0n) is 8.86. The van der Waals surface area contributed by atoms with E-state index in [0.717, 1.165) is 13.0 Å². The maximum atomic E-state index is 11.7. The molecule has 0 saturated carbocycles. The lowest BCUT2D eigenvalue weighted by atomic mass is 10.4. The molecule has 0 aliphatic carbocycles. The number of nitrogens with zero attached hydrogens (tertiary/aromatic N) is 1. The van der Waals surface area contributed by atoms with Crippen LogP contribution in [-0.4, -0.2) is 50.1 Å². The maximum Gasteiger partial charge on any atom is 0.278 e. The highest BCUT2D eigenvalue weighted by Crippen LogP contribution is 2.33. The van der Waals surface area contributed by atoms with Crippen molar-refractivity contribution in [1.82, 2.24) is 15.1 Å². The standard InChI is InChI=1S/C7H21N4O2P/c1-9-4-3-6-11(2)14(8,13)10-5-7-12/h9,12H,3-7H2,1-2H3,(H3,8,10,13). The van der Waals surface area contributed by atoms with Crippen LogP contribution in [0.4, 0.5) is 0 Å². The van der Waals surface area contributed by atoms with Gasteiger partial charge < -0.3 is 10.4 Å². The summed E-state index contributed by atoms with van der Waals surface area (Å²) in [4.78, 5) is 0. The van der Waals surface area contributed by atoms with E-state index in [4.69, 9.17) is 10.6 Å². The van der Waals surface area contributed by atoms with E-state index in [2.05, 4.69) is 10.4 Å². The van der Waals surface area contributed by atoms with Crippen molar-refractivity contribution in [2.45, 2.75) is 6.42 Å². The third-order valence-electron chi connectivity index (χ3n) is 1.87. The zero-order valence-corrected chi connectivity index (χ0v) is 9.76. The highest BCUT2D eigenvalue weighted by atomic mass is 31.2. The first-order valence-corrected chi connectivity index (χ1v) is 6.38. The molecule has 0 saturated heterocycles. The highest BCUT2D eigenvalue weighted by Gasteiger charge is 2.20. The van der Waals surface area contributed by atoms with Gasteiger partial charge in [0.15, 0.2) is 0 Å². The number of nitrogens with one attached hydrogen (secondary N) is 2. The molecule has 0 rings (SSSR count). The van der Waals surface area contributed by atoms with E-state index in [-0.39, 0.29) is 13.2 Å². The average molecular weight is 224 g/mol. The molecule has 14 heavy (non-hydrogen) atoms. The van der Waals surface area contributed by atoms with Gasteiger partial charge in [0, 0.05) is 13.1 Å². The van der Waals surface area contributed by atoms with Gasteiger partial charge >= 0.3 is 0 Å². The van der Waals surface area contributed by atoms with Crippen molar-refractivity contribution in [2.75, 3.05) is 40.3 Å². The van der Waals surface area contributed by atoms with E-state index in [1.165, 1.54) is 0 Å². The van der Waals surface area contributed by atoms with Crippen LogP contribution in [0.25, 0.3) is 0 Å². The summed E-state index contributed by atoms with van der Waals surface area (Å²) in [6.07, 6.45) is 0.884. The molecule has 1 unspecified atom stereocenters. The Morgan fingerprint density at radius 3 is 2.64 bits per heavy atom. The fourth-order valence-electron chi connectivity index (χ4n) is 0.964. The second kappa shape index (κ2) is 7.34. The summed E-state index contributed by atoms with van der Waals surface area (Å²) >= 11 is 0. The van der Waals surface area contributed by atoms with E-state index in [9.17, 15) is 4.57 Å². The summed E-state index contributed by atoms with van der Waals surface area (Å²) < 4.78 is 13.3. The van der Waals surface area contributed by atoms with Gasteiger partial charge in [0.25, 0.3) is 7.59 Å². The minimum atomic E-state index is -2.94. The van der Waals surface area contributed by atoms with Crippen molar-refractivity contribution in [3.8, 4) is 0 Å². The molecule has 0 amide bonds. The van der Waals surface area contributed by atoms with Gasteiger partial charge in [-0.1, -0.05) is 0 Å². The molecule has 0 aromatic carbocycles. The Bertz CT molecular complexity index is 191. The number of hydrogen-bond acceptors (Lipinski definition) is 3. The Balaban J connectivity index is 3.82. The summed E-state index contributed by atoms with van der Waals surface area (Å²) in [7, 11) is 0.632. The minimum Gasteiger partial charge on any atom is -0.395 e. The van der Waals surface area contributed by atoms with Crippen LogP contribution < -0.4 is 15.9 Å². The van der Waals surface area contributed by atoms with E-state index in [1.807, 2.05) is 7.05 Å². The minimum absolute atomic E-state index is 0.0639. The van der Waals surface area contributed by atoms with Crippen molar-refractivity contribution < 1.29 is 9.67 Å². The fourth-order valence-corrected chi connectivity index (χ4v) is 2.06. The summed E-state index contributed by atoms with van der Waals surface area (Å²) in [6.45, 7) is 1.72. The Morgan fingerprint density at radius 2 is 2.14 bits per heavy atom. The van der Waals surface area contributed by atoms with Crippen LogP contribution in [0, 0.1) is 0 Å². The Hall–Kier alpha value is 0.0300. The Kier molecular flexibility index (Phi) is 7.35. The molecule has 7 heteroatoms. The Morgan fingerprint density at radius 1 is 1.50 bits per heavy atom. The number of rotatable bonds is 8. The fraction of sp³-hybridized carbons (Fsp3) is 1.00. The van der Waals surface area contributed by atoms with Gasteiger partial charge in [-0.2, -0.15) is 0 Å². The molecule has 0 bridgehead atoms. The molecule has 6 nitrogen and oxygen atoms in total. The molecule has 0 fully saturated rings. The van der Waals surface area contributed by atoms with Gasteiger partial charge in [-0.05, 0) is 27.1 Å². The smallest absolute Gasteiger partial charge is 0.278 e. The molecule has 0 aliphatic rings. The van der Waals surface area contributed by atoms with Gasteiger partial charge in [-0.25, -0.2) is 9.76 Å². The van der Waals surface area contributed by atoms with Gasteiger partial charge in [-0.15, -0.1) is 0 Å². The van der Waals surface area contributed by atoms with Crippen LogP contribution in [0.3, 0.4) is 0 Å². The quantitative estimate of drug-likeness (QED) is 0.318. The van der Waals surface area contributed by atoms with Gasteiger partial charge in [-0.3, -0.25) is 10.1 Å². The molecule has 5 N–H and O–H groups in total. The van der Waals surface area contributed by atoms with Gasteiger partial charge in [0.05, 0.1) is 6.61 Å². The number of aliphatic hydroxyl groups is 1. The van der Waals surface area contributed by atoms with Crippen LogP contribution in [0.2, 0.25) is 0 Å². The second-order valence-corrected chi connectivity index (χ2v) is 5.34. The van der Waals surface area contributed by atoms with E-state index in [1.54, 1.807) is 11.7 Å². The number of nitrogens with two attached hydrogens (primary N) is 1. The predicted octanol–water partition coefficient (Wildman–Crippen LogP) is -0.824. The normalized spacial score (nSPS) is 15.8. The molecule has 0 heterocycles. The first-order chi connectivity index (χ1) is 6.54. The van der Waals surface area contributed by atoms with E-state index >= 15 is 0 Å². The Labute approximate surface area is 85.4 Å². The lowest BCUT2D eigenvalue weighted by Gasteiger charge is -2.24. The molecule has 0 aromatic heterocycles. The summed E-state index contributed by atoms with van der Waals surface area (Å²) in [5, 5.41) is 14.2. The first-order valence-electron chi connectivity index (χ1n) is 4.65. The van der Waals surface area contributed by atoms with Crippen LogP contribution in [-0.2, 0) is 4.57 Å². The van der Waals surface area contributed by atoms with Crippen molar-refractivity contribution in [3.05, 3.63) is 0 Å². The average Bonchev–Trinajstić information content (AvgIpc) is 2.15. The molecule has 0 radical (unpaired) electrons. The van der Waals surface area contributed by atoms with Gasteiger partial charge in [0.2, 0.25) is 0 Å². The van der Waals surface area contributed by atoms with Crippen LogP contribution in [0.1, 0.15) is 6.42 Å². The van der Waals surface area contributed by atoms with Crippen LogP contribution >= 0.6 is 7.59 Å². The van der Waals surface area contributed by atoms with E-state index < -0.39 is 7.59 Å². The van der Waals surface area contributed by atoms with Crippen molar-refractivity contribution in [2.24, 2.45) is 5.50 Å². The van der Waals surface area contributed by atoms with Crippen molar-refractivity contribution in [1.29, 1.82) is 0 Å². The number of hydrogen-bond donors (Lipinski definition) is 4. The van der Waals surface area contributed by atoms with Crippen molar-refractivity contribution in [3.63, 3.8) is 0 Å². The molecule has 86 valence electrons.